The highest BCUT2D eigenvalue weighted by Gasteiger charge is 2.71. The number of nitrogens with zero attached hydrogens (tertiary/aromatic N) is 2. The van der Waals surface area contributed by atoms with Gasteiger partial charge in [-0.25, -0.2) is 0 Å². The number of fused-ring (bicyclic) bond motifs is 5. The van der Waals surface area contributed by atoms with Crippen molar-refractivity contribution < 1.29 is 40.3 Å². The van der Waals surface area contributed by atoms with E-state index in [-0.39, 0.29) is 39.4 Å². The maximum atomic E-state index is 11.0. The molecular formula is C36H60N2O8. The van der Waals surface area contributed by atoms with Gasteiger partial charge in [-0.2, -0.15) is 0 Å². The van der Waals surface area contributed by atoms with Crippen molar-refractivity contribution in [1.29, 1.82) is 0 Å². The molecule has 5 fully saturated rings. The van der Waals surface area contributed by atoms with Crippen LogP contribution in [0.2, 0.25) is 0 Å². The van der Waals surface area contributed by atoms with Crippen molar-refractivity contribution in [2.24, 2.45) is 55.6 Å². The molecule has 1 aliphatic heterocycles. The van der Waals surface area contributed by atoms with Crippen molar-refractivity contribution in [3.05, 3.63) is 11.6 Å². The highest BCUT2D eigenvalue weighted by atomic mass is 16.7. The van der Waals surface area contributed by atoms with Crippen LogP contribution < -0.4 is 0 Å². The standard InChI is InChI=1S/C36H60N2O8/c1-20(2)10-9-14-36(8,46-31-30(42)29(41)28(40)23(19-39)45-31)21-11-16-35(7)27(21)22(37-43)18-25-33(5)15-13-26(38-44)32(3,4)24(33)12-17-34(25,35)6/h10,21,23-25,27-31,39-44H,9,11-19H2,1-8H3/b37-22-,38-26+/t21?,23?,24?,25?,27?,28?,29?,30?,31?,33-,34+,35+,36-/m0/s1. The van der Waals surface area contributed by atoms with Crippen LogP contribution in [0.25, 0.3) is 0 Å². The number of hydrogen-bond acceptors (Lipinski definition) is 10. The molecule has 0 radical (unpaired) electrons. The third kappa shape index (κ3) is 5.28. The lowest BCUT2D eigenvalue weighted by molar-refractivity contribution is -0.333. The van der Waals surface area contributed by atoms with Gasteiger partial charge in [0.2, 0.25) is 0 Å². The monoisotopic (exact) mass is 648 g/mol. The fourth-order valence-electron chi connectivity index (χ4n) is 11.7. The quantitative estimate of drug-likeness (QED) is 0.124. The molecule has 10 nitrogen and oxygen atoms in total. The Kier molecular flexibility index (Phi) is 9.63. The van der Waals surface area contributed by atoms with Gasteiger partial charge in [0.25, 0.3) is 0 Å². The second-order valence-electron chi connectivity index (χ2n) is 17.1. The zero-order valence-electron chi connectivity index (χ0n) is 29.2. The van der Waals surface area contributed by atoms with E-state index >= 15 is 0 Å². The molecular weight excluding hydrogens is 588 g/mol. The van der Waals surface area contributed by atoms with Crippen molar-refractivity contribution >= 4 is 11.4 Å². The SMILES string of the molecule is CC(C)=CCC[C@](C)(OC1OC(CO)C(O)C(O)C1O)C1CC[C@]2(C)C1/C(=N\O)CC1[C@@]3(C)CC/C(=N\O)C(C)(C)C3CC[C@]12C. The molecule has 6 N–H and O–H groups in total. The van der Waals surface area contributed by atoms with Crippen molar-refractivity contribution in [3.63, 3.8) is 0 Å². The largest absolute Gasteiger partial charge is 0.411 e. The Labute approximate surface area is 274 Å². The van der Waals surface area contributed by atoms with Crippen molar-refractivity contribution in [2.45, 2.75) is 149 Å². The summed E-state index contributed by atoms with van der Waals surface area (Å²) in [5, 5.41) is 70.3. The normalized spacial score (nSPS) is 48.3. The number of aliphatic hydroxyl groups is 4. The Bertz CT molecular complexity index is 1230. The second kappa shape index (κ2) is 12.4. The van der Waals surface area contributed by atoms with E-state index in [1.807, 2.05) is 6.92 Å². The van der Waals surface area contributed by atoms with E-state index in [4.69, 9.17) is 9.47 Å². The molecule has 262 valence electrons. The van der Waals surface area contributed by atoms with Crippen molar-refractivity contribution in [2.75, 3.05) is 6.61 Å². The van der Waals surface area contributed by atoms with Crippen molar-refractivity contribution in [3.8, 4) is 0 Å². The van der Waals surface area contributed by atoms with Crippen LogP contribution in [0, 0.1) is 45.3 Å². The third-order valence-electron chi connectivity index (χ3n) is 14.4. The molecule has 1 saturated heterocycles. The Morgan fingerprint density at radius 3 is 2.22 bits per heavy atom. The molecule has 46 heavy (non-hydrogen) atoms. The third-order valence-corrected chi connectivity index (χ3v) is 14.4. The van der Waals surface area contributed by atoms with E-state index in [0.29, 0.717) is 18.8 Å². The van der Waals surface area contributed by atoms with Gasteiger partial charge in [0.05, 0.1) is 23.6 Å². The molecule has 9 unspecified atom stereocenters. The summed E-state index contributed by atoms with van der Waals surface area (Å²) in [6.07, 6.45) is 2.91. The molecule has 1 heterocycles. The summed E-state index contributed by atoms with van der Waals surface area (Å²) in [4.78, 5) is 0. The molecule has 5 rings (SSSR count). The highest BCUT2D eigenvalue weighted by Crippen LogP contribution is 2.75. The molecule has 0 aromatic rings. The first-order chi connectivity index (χ1) is 21.4. The second-order valence-corrected chi connectivity index (χ2v) is 17.1. The van der Waals surface area contributed by atoms with Crippen LogP contribution in [0.1, 0.15) is 113 Å². The van der Waals surface area contributed by atoms with Crippen LogP contribution in [0.15, 0.2) is 22.0 Å². The van der Waals surface area contributed by atoms with Gasteiger partial charge in [-0.3, -0.25) is 0 Å². The number of allylic oxidation sites excluding steroid dienone is 2. The molecule has 0 spiro atoms. The first-order valence-electron chi connectivity index (χ1n) is 17.5. The molecule has 0 aromatic carbocycles. The molecule has 10 heteroatoms. The predicted molar refractivity (Wildman–Crippen MR) is 175 cm³/mol. The van der Waals surface area contributed by atoms with Gasteiger partial charge in [-0.05, 0) is 113 Å². The summed E-state index contributed by atoms with van der Waals surface area (Å²) >= 11 is 0. The topological polar surface area (TPSA) is 165 Å². The van der Waals surface area contributed by atoms with Crippen LogP contribution in [-0.2, 0) is 9.47 Å². The summed E-state index contributed by atoms with van der Waals surface area (Å²) < 4.78 is 12.7. The zero-order valence-corrected chi connectivity index (χ0v) is 29.2. The smallest absolute Gasteiger partial charge is 0.187 e. The van der Waals surface area contributed by atoms with Crippen LogP contribution in [0.5, 0.6) is 0 Å². The van der Waals surface area contributed by atoms with Gasteiger partial charge in [-0.1, -0.05) is 56.6 Å². The van der Waals surface area contributed by atoms with Gasteiger partial charge in [0.15, 0.2) is 6.29 Å². The summed E-state index contributed by atoms with van der Waals surface area (Å²) in [7, 11) is 0. The number of rotatable bonds is 7. The Morgan fingerprint density at radius 2 is 1.61 bits per heavy atom. The molecule has 4 saturated carbocycles. The molecule has 0 aromatic heterocycles. The van der Waals surface area contributed by atoms with E-state index in [2.05, 4.69) is 64.9 Å². The lowest BCUT2D eigenvalue weighted by Gasteiger charge is -2.69. The number of ether oxygens (including phenoxy) is 2. The predicted octanol–water partition coefficient (Wildman–Crippen LogP) is 5.26. The Balaban J connectivity index is 1.53. The molecule has 5 aliphatic rings. The van der Waals surface area contributed by atoms with E-state index in [0.717, 1.165) is 56.4 Å². The van der Waals surface area contributed by atoms with Crippen LogP contribution in [0.4, 0.5) is 0 Å². The van der Waals surface area contributed by atoms with Gasteiger partial charge in [0.1, 0.15) is 24.4 Å². The first kappa shape index (κ1) is 35.7. The number of aliphatic hydroxyl groups excluding tert-OH is 4. The average molecular weight is 649 g/mol. The van der Waals surface area contributed by atoms with Crippen molar-refractivity contribution in [1.82, 2.24) is 0 Å². The minimum absolute atomic E-state index is 0.0216. The van der Waals surface area contributed by atoms with Gasteiger partial charge >= 0.3 is 0 Å². The fourth-order valence-corrected chi connectivity index (χ4v) is 11.7. The number of hydrogen-bond donors (Lipinski definition) is 6. The molecule has 4 aliphatic carbocycles. The Morgan fingerprint density at radius 1 is 0.935 bits per heavy atom. The van der Waals surface area contributed by atoms with Crippen LogP contribution >= 0.6 is 0 Å². The molecule has 0 bridgehead atoms. The van der Waals surface area contributed by atoms with Gasteiger partial charge in [0, 0.05) is 11.3 Å². The molecule has 13 atom stereocenters. The summed E-state index contributed by atoms with van der Waals surface area (Å²) in [5.41, 5.74) is 1.55. The lowest BCUT2D eigenvalue weighted by Crippen LogP contribution is -2.66. The van der Waals surface area contributed by atoms with E-state index in [1.54, 1.807) is 0 Å². The number of oxime groups is 2. The average Bonchev–Trinajstić information content (AvgIpc) is 3.37. The van der Waals surface area contributed by atoms with E-state index in [1.165, 1.54) is 5.57 Å². The van der Waals surface area contributed by atoms with E-state index < -0.39 is 42.9 Å². The lowest BCUT2D eigenvalue weighted by atomic mass is 9.35. The van der Waals surface area contributed by atoms with Gasteiger partial charge < -0.3 is 40.3 Å². The van der Waals surface area contributed by atoms with Crippen LogP contribution in [-0.4, -0.2) is 85.2 Å². The fraction of sp³-hybridized carbons (Fsp3) is 0.889. The van der Waals surface area contributed by atoms with Crippen LogP contribution in [0.3, 0.4) is 0 Å². The van der Waals surface area contributed by atoms with Gasteiger partial charge in [-0.15, -0.1) is 0 Å². The summed E-state index contributed by atoms with van der Waals surface area (Å²) in [6.45, 7) is 17.4. The Hall–Kier alpha value is -1.56. The first-order valence-corrected chi connectivity index (χ1v) is 17.5. The summed E-state index contributed by atoms with van der Waals surface area (Å²) in [5.74, 6) is 0.485. The maximum Gasteiger partial charge on any atom is 0.187 e. The summed E-state index contributed by atoms with van der Waals surface area (Å²) in [6, 6.07) is 0. The zero-order chi connectivity index (χ0) is 34.0. The minimum Gasteiger partial charge on any atom is -0.411 e. The molecule has 0 amide bonds. The highest BCUT2D eigenvalue weighted by molar-refractivity contribution is 5.91. The van der Waals surface area contributed by atoms with E-state index in [9.17, 15) is 30.8 Å². The minimum atomic E-state index is -1.53. The maximum absolute atomic E-state index is 11.0.